The Balaban J connectivity index is 2.20. The molecule has 6 nitrogen and oxygen atoms in total. The van der Waals surface area contributed by atoms with Gasteiger partial charge in [-0.05, 0) is 55.8 Å². The van der Waals surface area contributed by atoms with E-state index in [1.807, 2.05) is 0 Å². The van der Waals surface area contributed by atoms with Gasteiger partial charge in [0.15, 0.2) is 15.9 Å². The van der Waals surface area contributed by atoms with Gasteiger partial charge in [0.1, 0.15) is 5.82 Å². The molecule has 1 N–H and O–H groups in total. The number of carbonyl (C=O) groups excluding carboxylic acids is 1. The summed E-state index contributed by atoms with van der Waals surface area (Å²) in [6.07, 6.45) is -0.385. The maximum absolute atomic E-state index is 13.9. The van der Waals surface area contributed by atoms with Crippen molar-refractivity contribution in [3.05, 3.63) is 71.7 Å². The predicted octanol–water partition coefficient (Wildman–Crippen LogP) is 3.59. The molecule has 8 heteroatoms. The summed E-state index contributed by atoms with van der Waals surface area (Å²) in [5.74, 6) is -1.22. The minimum atomic E-state index is -3.36. The molecule has 1 atom stereocenters. The lowest BCUT2D eigenvalue weighted by molar-refractivity contribution is -0.153. The van der Waals surface area contributed by atoms with Crippen molar-refractivity contribution in [2.75, 3.05) is 12.9 Å². The lowest BCUT2D eigenvalue weighted by Crippen LogP contribution is -2.16. The van der Waals surface area contributed by atoms with Crippen LogP contribution in [-0.4, -0.2) is 36.9 Å². The molecule has 0 aliphatic carbocycles. The standard InChI is InChI=1S/C22H22FNO5S/c1-4-29-22(26)21(25)19-13-20(15-8-10-18(11-9-15)30(3,27)28)24(14(19)2)17-7-5-6-16(23)12-17/h5-13,21,25H,4H2,1-3H3/t21-/m1/s1. The van der Waals surface area contributed by atoms with E-state index in [1.165, 1.54) is 24.3 Å². The zero-order valence-corrected chi connectivity index (χ0v) is 17.6. The third-order valence-corrected chi connectivity index (χ3v) is 5.86. The molecule has 0 saturated heterocycles. The minimum absolute atomic E-state index is 0.124. The minimum Gasteiger partial charge on any atom is -0.464 e. The first-order valence-corrected chi connectivity index (χ1v) is 11.2. The molecule has 3 rings (SSSR count). The highest BCUT2D eigenvalue weighted by molar-refractivity contribution is 7.90. The van der Waals surface area contributed by atoms with E-state index < -0.39 is 27.7 Å². The summed E-state index contributed by atoms with van der Waals surface area (Å²) in [5, 5.41) is 10.5. The van der Waals surface area contributed by atoms with Crippen molar-refractivity contribution in [3.63, 3.8) is 0 Å². The average molecular weight is 431 g/mol. The Morgan fingerprint density at radius 3 is 2.40 bits per heavy atom. The van der Waals surface area contributed by atoms with E-state index in [1.54, 1.807) is 48.7 Å². The van der Waals surface area contributed by atoms with Crippen LogP contribution >= 0.6 is 0 Å². The largest absolute Gasteiger partial charge is 0.464 e. The summed E-state index contributed by atoms with van der Waals surface area (Å²) >= 11 is 0. The van der Waals surface area contributed by atoms with Gasteiger partial charge in [0.25, 0.3) is 0 Å². The van der Waals surface area contributed by atoms with Crippen LogP contribution in [0.3, 0.4) is 0 Å². The van der Waals surface area contributed by atoms with Crippen molar-refractivity contribution < 1.29 is 27.4 Å². The summed E-state index contributed by atoms with van der Waals surface area (Å²) in [5.41, 5.74) is 2.55. The van der Waals surface area contributed by atoms with E-state index in [0.717, 1.165) is 6.26 Å². The normalized spacial score (nSPS) is 12.6. The lowest BCUT2D eigenvalue weighted by atomic mass is 10.1. The van der Waals surface area contributed by atoms with Crippen LogP contribution in [0.5, 0.6) is 0 Å². The fourth-order valence-corrected chi connectivity index (χ4v) is 3.91. The molecular weight excluding hydrogens is 409 g/mol. The molecule has 3 aromatic rings. The van der Waals surface area contributed by atoms with E-state index in [0.29, 0.717) is 28.2 Å². The Morgan fingerprint density at radius 2 is 1.83 bits per heavy atom. The third kappa shape index (κ3) is 4.29. The second-order valence-electron chi connectivity index (χ2n) is 6.84. The fraction of sp³-hybridized carbons (Fsp3) is 0.227. The highest BCUT2D eigenvalue weighted by Crippen LogP contribution is 2.33. The Hall–Kier alpha value is -2.97. The highest BCUT2D eigenvalue weighted by Gasteiger charge is 2.26. The van der Waals surface area contributed by atoms with Crippen LogP contribution in [0.2, 0.25) is 0 Å². The molecule has 2 aromatic carbocycles. The van der Waals surface area contributed by atoms with Crippen LogP contribution in [0, 0.1) is 12.7 Å². The number of nitrogens with zero attached hydrogens (tertiary/aromatic N) is 1. The van der Waals surface area contributed by atoms with E-state index >= 15 is 0 Å². The van der Waals surface area contributed by atoms with Gasteiger partial charge in [-0.2, -0.15) is 0 Å². The predicted molar refractivity (Wildman–Crippen MR) is 111 cm³/mol. The van der Waals surface area contributed by atoms with Gasteiger partial charge < -0.3 is 14.4 Å². The molecule has 0 unspecified atom stereocenters. The topological polar surface area (TPSA) is 85.6 Å². The number of benzene rings is 2. The van der Waals surface area contributed by atoms with Gasteiger partial charge in [-0.1, -0.05) is 18.2 Å². The van der Waals surface area contributed by atoms with Crippen LogP contribution in [0.4, 0.5) is 4.39 Å². The van der Waals surface area contributed by atoms with Gasteiger partial charge in [0.05, 0.1) is 17.2 Å². The second-order valence-corrected chi connectivity index (χ2v) is 8.85. The third-order valence-electron chi connectivity index (χ3n) is 4.74. The summed E-state index contributed by atoms with van der Waals surface area (Å²) in [7, 11) is -3.36. The first-order valence-electron chi connectivity index (χ1n) is 9.27. The maximum Gasteiger partial charge on any atom is 0.339 e. The van der Waals surface area contributed by atoms with Crippen LogP contribution in [0.25, 0.3) is 16.9 Å². The summed E-state index contributed by atoms with van der Waals surface area (Å²) in [6, 6.07) is 13.7. The number of hydrogen-bond donors (Lipinski definition) is 1. The number of aliphatic hydroxyl groups excluding tert-OH is 1. The van der Waals surface area contributed by atoms with Crippen LogP contribution < -0.4 is 0 Å². The molecular formula is C22H22FNO5S. The van der Waals surface area contributed by atoms with Gasteiger partial charge in [-0.25, -0.2) is 17.6 Å². The van der Waals surface area contributed by atoms with Crippen LogP contribution in [0.1, 0.15) is 24.3 Å². The van der Waals surface area contributed by atoms with Crippen molar-refractivity contribution in [1.82, 2.24) is 4.57 Å². The Morgan fingerprint density at radius 1 is 1.17 bits per heavy atom. The van der Waals surface area contributed by atoms with Gasteiger partial charge in [0.2, 0.25) is 0 Å². The number of esters is 1. The summed E-state index contributed by atoms with van der Waals surface area (Å²) in [6.45, 7) is 3.47. The zero-order chi connectivity index (χ0) is 22.1. The summed E-state index contributed by atoms with van der Waals surface area (Å²) < 4.78 is 44.0. The molecule has 0 amide bonds. The molecule has 0 fully saturated rings. The molecule has 0 aliphatic rings. The van der Waals surface area contributed by atoms with E-state index in [9.17, 15) is 22.7 Å². The highest BCUT2D eigenvalue weighted by atomic mass is 32.2. The molecule has 158 valence electrons. The van der Waals surface area contributed by atoms with E-state index in [2.05, 4.69) is 0 Å². The molecule has 1 heterocycles. The van der Waals surface area contributed by atoms with Crippen molar-refractivity contribution >= 4 is 15.8 Å². The number of halogens is 1. The molecule has 0 aliphatic heterocycles. The Bertz CT molecular complexity index is 1180. The zero-order valence-electron chi connectivity index (χ0n) is 16.8. The van der Waals surface area contributed by atoms with Crippen molar-refractivity contribution in [2.24, 2.45) is 0 Å². The van der Waals surface area contributed by atoms with Gasteiger partial charge in [-0.15, -0.1) is 0 Å². The maximum atomic E-state index is 13.9. The number of rotatable bonds is 6. The first kappa shape index (κ1) is 21.7. The average Bonchev–Trinajstić information content (AvgIpc) is 3.04. The Kier molecular flexibility index (Phi) is 6.09. The molecule has 1 aromatic heterocycles. The smallest absolute Gasteiger partial charge is 0.339 e. The van der Waals surface area contributed by atoms with E-state index in [-0.39, 0.29) is 11.5 Å². The molecule has 0 radical (unpaired) electrons. The van der Waals surface area contributed by atoms with E-state index in [4.69, 9.17) is 4.74 Å². The quantitative estimate of drug-likeness (QED) is 0.603. The second kappa shape index (κ2) is 8.41. The van der Waals surface area contributed by atoms with Crippen LogP contribution in [0.15, 0.2) is 59.5 Å². The fourth-order valence-electron chi connectivity index (χ4n) is 3.28. The lowest BCUT2D eigenvalue weighted by Gasteiger charge is -2.14. The van der Waals surface area contributed by atoms with Crippen molar-refractivity contribution in [1.29, 1.82) is 0 Å². The number of ether oxygens (including phenoxy) is 1. The monoisotopic (exact) mass is 431 g/mol. The molecule has 0 saturated carbocycles. The van der Waals surface area contributed by atoms with Crippen molar-refractivity contribution in [3.8, 4) is 16.9 Å². The molecule has 30 heavy (non-hydrogen) atoms. The number of carbonyl (C=O) groups is 1. The number of hydrogen-bond acceptors (Lipinski definition) is 5. The van der Waals surface area contributed by atoms with Crippen LogP contribution in [-0.2, 0) is 19.4 Å². The summed E-state index contributed by atoms with van der Waals surface area (Å²) in [4.78, 5) is 12.3. The molecule has 0 bridgehead atoms. The SMILES string of the molecule is CCOC(=O)[C@H](O)c1cc(-c2ccc(S(C)(=O)=O)cc2)n(-c2cccc(F)c2)c1C. The number of aromatic nitrogens is 1. The van der Waals surface area contributed by atoms with Gasteiger partial charge >= 0.3 is 5.97 Å². The number of aliphatic hydroxyl groups is 1. The van der Waals surface area contributed by atoms with Gasteiger partial charge in [-0.3, -0.25) is 0 Å². The molecule has 0 spiro atoms. The van der Waals surface area contributed by atoms with Crippen molar-refractivity contribution in [2.45, 2.75) is 24.8 Å². The first-order chi connectivity index (χ1) is 14.1. The Labute approximate surface area is 174 Å². The number of sulfone groups is 1. The van der Waals surface area contributed by atoms with Gasteiger partial charge in [0, 0.05) is 23.2 Å².